The summed E-state index contributed by atoms with van der Waals surface area (Å²) in [6, 6.07) is 3.69. The highest BCUT2D eigenvalue weighted by molar-refractivity contribution is 5.52. The van der Waals surface area contributed by atoms with Gasteiger partial charge in [0, 0.05) is 0 Å². The third-order valence-electron chi connectivity index (χ3n) is 2.10. The number of rotatable bonds is 3. The fraction of sp³-hybridized carbons (Fsp3) is 0.333. The van der Waals surface area contributed by atoms with E-state index >= 15 is 0 Å². The molecule has 76 valence electrons. The average Bonchev–Trinajstić information content (AvgIpc) is 2.14. The van der Waals surface area contributed by atoms with Gasteiger partial charge < -0.3 is 5.73 Å². The number of hydrogen-bond donors (Lipinski definition) is 1. The van der Waals surface area contributed by atoms with E-state index in [9.17, 15) is 4.39 Å². The standard InChI is InChI=1S/C12H16FN/c1-9-7-11(5-3-4-6-14)8-10(2)12(9)13/h3,5,7-8H,4,6,14H2,1-2H3. The highest BCUT2D eigenvalue weighted by atomic mass is 19.1. The van der Waals surface area contributed by atoms with Crippen molar-refractivity contribution < 1.29 is 4.39 Å². The molecule has 1 aromatic carbocycles. The van der Waals surface area contributed by atoms with Crippen molar-refractivity contribution in [1.29, 1.82) is 0 Å². The summed E-state index contributed by atoms with van der Waals surface area (Å²) in [6.45, 7) is 4.21. The van der Waals surface area contributed by atoms with Gasteiger partial charge in [-0.2, -0.15) is 0 Å². The summed E-state index contributed by atoms with van der Waals surface area (Å²) in [7, 11) is 0. The second-order valence-electron chi connectivity index (χ2n) is 3.45. The molecule has 0 heterocycles. The smallest absolute Gasteiger partial charge is 0.129 e. The molecule has 0 aliphatic rings. The largest absolute Gasteiger partial charge is 0.330 e. The van der Waals surface area contributed by atoms with Gasteiger partial charge in [0.15, 0.2) is 0 Å². The van der Waals surface area contributed by atoms with E-state index in [2.05, 4.69) is 0 Å². The van der Waals surface area contributed by atoms with Gasteiger partial charge in [0.1, 0.15) is 5.82 Å². The summed E-state index contributed by atoms with van der Waals surface area (Å²) < 4.78 is 13.3. The molecule has 1 aromatic rings. The third kappa shape index (κ3) is 2.67. The molecule has 0 aliphatic heterocycles. The normalized spacial score (nSPS) is 11.1. The van der Waals surface area contributed by atoms with Crippen LogP contribution in [-0.2, 0) is 0 Å². The molecule has 0 saturated heterocycles. The Bertz CT molecular complexity index is 319. The summed E-state index contributed by atoms with van der Waals surface area (Å²) >= 11 is 0. The molecule has 1 rings (SSSR count). The zero-order valence-corrected chi connectivity index (χ0v) is 8.68. The van der Waals surface area contributed by atoms with Crippen molar-refractivity contribution >= 4 is 6.08 Å². The van der Waals surface area contributed by atoms with Crippen LogP contribution < -0.4 is 5.73 Å². The Balaban J connectivity index is 2.89. The fourth-order valence-corrected chi connectivity index (χ4v) is 1.39. The van der Waals surface area contributed by atoms with Gasteiger partial charge in [-0.15, -0.1) is 0 Å². The first-order chi connectivity index (χ1) is 6.65. The Morgan fingerprint density at radius 3 is 2.36 bits per heavy atom. The topological polar surface area (TPSA) is 26.0 Å². The first-order valence-corrected chi connectivity index (χ1v) is 4.78. The lowest BCUT2D eigenvalue weighted by Crippen LogP contribution is -1.95. The van der Waals surface area contributed by atoms with Crippen molar-refractivity contribution in [3.63, 3.8) is 0 Å². The quantitative estimate of drug-likeness (QED) is 0.784. The van der Waals surface area contributed by atoms with Crippen LogP contribution in [0.3, 0.4) is 0 Å². The van der Waals surface area contributed by atoms with Crippen LogP contribution in [-0.4, -0.2) is 6.54 Å². The minimum atomic E-state index is -0.110. The van der Waals surface area contributed by atoms with E-state index < -0.39 is 0 Å². The second kappa shape index (κ2) is 4.91. The number of nitrogens with two attached hydrogens (primary N) is 1. The predicted molar refractivity (Wildman–Crippen MR) is 58.6 cm³/mol. The van der Waals surface area contributed by atoms with Gasteiger partial charge in [-0.1, -0.05) is 12.2 Å². The van der Waals surface area contributed by atoms with Crippen LogP contribution in [0.5, 0.6) is 0 Å². The maximum Gasteiger partial charge on any atom is 0.129 e. The lowest BCUT2D eigenvalue weighted by molar-refractivity contribution is 0.609. The minimum Gasteiger partial charge on any atom is -0.330 e. The van der Waals surface area contributed by atoms with E-state index in [0.717, 1.165) is 12.0 Å². The van der Waals surface area contributed by atoms with Gasteiger partial charge in [0.05, 0.1) is 0 Å². The van der Waals surface area contributed by atoms with Crippen LogP contribution in [0.15, 0.2) is 18.2 Å². The van der Waals surface area contributed by atoms with Crippen LogP contribution in [0.25, 0.3) is 6.08 Å². The van der Waals surface area contributed by atoms with Crippen molar-refractivity contribution in [1.82, 2.24) is 0 Å². The van der Waals surface area contributed by atoms with E-state index in [1.807, 2.05) is 24.3 Å². The molecule has 0 radical (unpaired) electrons. The molecule has 2 N–H and O–H groups in total. The molecule has 14 heavy (non-hydrogen) atoms. The Kier molecular flexibility index (Phi) is 3.84. The van der Waals surface area contributed by atoms with Gasteiger partial charge in [0.2, 0.25) is 0 Å². The van der Waals surface area contributed by atoms with Gasteiger partial charge in [-0.3, -0.25) is 0 Å². The maximum absolute atomic E-state index is 13.3. The van der Waals surface area contributed by atoms with E-state index in [-0.39, 0.29) is 5.82 Å². The second-order valence-corrected chi connectivity index (χ2v) is 3.45. The van der Waals surface area contributed by atoms with Crippen molar-refractivity contribution in [2.45, 2.75) is 20.3 Å². The van der Waals surface area contributed by atoms with Crippen LogP contribution in [0.4, 0.5) is 4.39 Å². The molecule has 0 amide bonds. The Hall–Kier alpha value is -1.15. The van der Waals surface area contributed by atoms with Crippen molar-refractivity contribution in [3.8, 4) is 0 Å². The Labute approximate surface area is 84.4 Å². The molecule has 0 spiro atoms. The van der Waals surface area contributed by atoms with E-state index in [4.69, 9.17) is 5.73 Å². The maximum atomic E-state index is 13.3. The summed E-state index contributed by atoms with van der Waals surface area (Å²) in [6.07, 6.45) is 4.84. The van der Waals surface area contributed by atoms with E-state index in [1.165, 1.54) is 0 Å². The molecule has 0 bridgehead atoms. The molecule has 1 nitrogen and oxygen atoms in total. The number of aryl methyl sites for hydroxylation is 2. The van der Waals surface area contributed by atoms with Crippen LogP contribution in [0.2, 0.25) is 0 Å². The zero-order valence-electron chi connectivity index (χ0n) is 8.68. The molecule has 0 aromatic heterocycles. The molecule has 0 fully saturated rings. The van der Waals surface area contributed by atoms with Crippen molar-refractivity contribution in [2.75, 3.05) is 6.54 Å². The molecule has 0 atom stereocenters. The van der Waals surface area contributed by atoms with Crippen LogP contribution in [0, 0.1) is 19.7 Å². The van der Waals surface area contributed by atoms with Crippen LogP contribution in [0.1, 0.15) is 23.1 Å². The van der Waals surface area contributed by atoms with Gasteiger partial charge >= 0.3 is 0 Å². The average molecular weight is 193 g/mol. The van der Waals surface area contributed by atoms with Crippen LogP contribution >= 0.6 is 0 Å². The monoisotopic (exact) mass is 193 g/mol. The van der Waals surface area contributed by atoms with Gasteiger partial charge in [0.25, 0.3) is 0 Å². The predicted octanol–water partition coefficient (Wildman–Crippen LogP) is 2.80. The first-order valence-electron chi connectivity index (χ1n) is 4.78. The lowest BCUT2D eigenvalue weighted by atomic mass is 10.1. The molecular formula is C12H16FN. The Morgan fingerprint density at radius 1 is 1.29 bits per heavy atom. The fourth-order valence-electron chi connectivity index (χ4n) is 1.39. The Morgan fingerprint density at radius 2 is 1.86 bits per heavy atom. The van der Waals surface area contributed by atoms with Crippen molar-refractivity contribution in [2.24, 2.45) is 5.73 Å². The molecule has 2 heteroatoms. The highest BCUT2D eigenvalue weighted by Gasteiger charge is 2.01. The number of hydrogen-bond acceptors (Lipinski definition) is 1. The molecular weight excluding hydrogens is 177 g/mol. The lowest BCUT2D eigenvalue weighted by Gasteiger charge is -2.02. The first kappa shape index (κ1) is 10.9. The van der Waals surface area contributed by atoms with Gasteiger partial charge in [-0.05, 0) is 55.6 Å². The molecule has 0 unspecified atom stereocenters. The number of benzene rings is 1. The summed E-state index contributed by atoms with van der Waals surface area (Å²) in [5.74, 6) is -0.110. The summed E-state index contributed by atoms with van der Waals surface area (Å²) in [5, 5.41) is 0. The third-order valence-corrected chi connectivity index (χ3v) is 2.10. The van der Waals surface area contributed by atoms with E-state index in [0.29, 0.717) is 17.7 Å². The molecule has 0 aliphatic carbocycles. The summed E-state index contributed by atoms with van der Waals surface area (Å²) in [5.41, 5.74) is 7.79. The minimum absolute atomic E-state index is 0.110. The summed E-state index contributed by atoms with van der Waals surface area (Å²) in [4.78, 5) is 0. The van der Waals surface area contributed by atoms with Gasteiger partial charge in [-0.25, -0.2) is 4.39 Å². The highest BCUT2D eigenvalue weighted by Crippen LogP contribution is 2.15. The zero-order chi connectivity index (χ0) is 10.6. The van der Waals surface area contributed by atoms with Crippen molar-refractivity contribution in [3.05, 3.63) is 40.7 Å². The molecule has 0 saturated carbocycles. The van der Waals surface area contributed by atoms with E-state index in [1.54, 1.807) is 13.8 Å². The number of halogens is 1. The SMILES string of the molecule is Cc1cc(C=CCCN)cc(C)c1F.